The Hall–Kier alpha value is -2.31. The van der Waals surface area contributed by atoms with Gasteiger partial charge < -0.3 is 5.32 Å². The molecule has 0 aliphatic carbocycles. The van der Waals surface area contributed by atoms with Crippen LogP contribution in [0.3, 0.4) is 0 Å². The number of nitrogens with zero attached hydrogens (tertiary/aromatic N) is 4. The maximum Gasteiger partial charge on any atom is 0.270 e. The second-order valence-corrected chi connectivity index (χ2v) is 3.69. The second-order valence-electron chi connectivity index (χ2n) is 3.69. The van der Waals surface area contributed by atoms with Gasteiger partial charge in [-0.05, 0) is 12.1 Å². The zero-order chi connectivity index (χ0) is 13.0. The molecule has 0 radical (unpaired) electrons. The first-order valence-corrected chi connectivity index (χ1v) is 5.40. The molecule has 0 unspecified atom stereocenters. The van der Waals surface area contributed by atoms with Crippen LogP contribution in [0, 0.1) is 5.95 Å². The Kier molecular flexibility index (Phi) is 3.61. The van der Waals surface area contributed by atoms with Crippen molar-refractivity contribution in [3.63, 3.8) is 0 Å². The Bertz CT molecular complexity index is 554. The molecule has 0 aliphatic rings. The second kappa shape index (κ2) is 5.35. The van der Waals surface area contributed by atoms with Gasteiger partial charge >= 0.3 is 0 Å². The Labute approximate surface area is 103 Å². The van der Waals surface area contributed by atoms with E-state index in [1.165, 1.54) is 18.2 Å². The Morgan fingerprint density at radius 1 is 1.50 bits per heavy atom. The van der Waals surface area contributed by atoms with Crippen LogP contribution in [0.1, 0.15) is 16.3 Å². The van der Waals surface area contributed by atoms with Crippen LogP contribution in [0.5, 0.6) is 0 Å². The monoisotopic (exact) mass is 249 g/mol. The zero-order valence-electron chi connectivity index (χ0n) is 9.80. The first-order valence-electron chi connectivity index (χ1n) is 5.40. The van der Waals surface area contributed by atoms with Crippen LogP contribution >= 0.6 is 0 Å². The highest BCUT2D eigenvalue weighted by Crippen LogP contribution is 1.97. The van der Waals surface area contributed by atoms with Gasteiger partial charge in [-0.25, -0.2) is 9.97 Å². The number of nitrogens with one attached hydrogen (secondary N) is 1. The number of pyridine rings is 1. The van der Waals surface area contributed by atoms with Gasteiger partial charge in [-0.15, -0.1) is 0 Å². The molecule has 0 aromatic carbocycles. The number of hydrogen-bond acceptors (Lipinski definition) is 4. The number of carbonyl (C=O) groups is 1. The lowest BCUT2D eigenvalue weighted by Gasteiger charge is -2.02. The molecule has 94 valence electrons. The number of halogens is 1. The summed E-state index contributed by atoms with van der Waals surface area (Å²) in [6.45, 7) is 0.376. The van der Waals surface area contributed by atoms with Gasteiger partial charge in [0.15, 0.2) is 5.82 Å². The maximum atomic E-state index is 12.8. The summed E-state index contributed by atoms with van der Waals surface area (Å²) in [5.41, 5.74) is 0.0592. The molecule has 2 aromatic heterocycles. The maximum absolute atomic E-state index is 12.8. The number of aromatic nitrogens is 4. The quantitative estimate of drug-likeness (QED) is 0.792. The number of amides is 1. The molecule has 2 aromatic rings. The largest absolute Gasteiger partial charge is 0.350 e. The molecule has 7 heteroatoms. The molecule has 0 fully saturated rings. The van der Waals surface area contributed by atoms with E-state index in [1.54, 1.807) is 18.1 Å². The minimum Gasteiger partial charge on any atom is -0.350 e. The molecule has 0 bridgehead atoms. The van der Waals surface area contributed by atoms with Crippen LogP contribution < -0.4 is 5.32 Å². The number of hydrogen-bond donors (Lipinski definition) is 1. The lowest BCUT2D eigenvalue weighted by atomic mass is 10.3. The SMILES string of the molecule is Cn1cnc(CCNC(=O)c2cccc(F)n2)n1. The van der Waals surface area contributed by atoms with Crippen LogP contribution in [0.15, 0.2) is 24.5 Å². The van der Waals surface area contributed by atoms with Crippen LogP contribution in [0.2, 0.25) is 0 Å². The van der Waals surface area contributed by atoms with Crippen molar-refractivity contribution in [2.24, 2.45) is 7.05 Å². The van der Waals surface area contributed by atoms with E-state index in [1.807, 2.05) is 0 Å². The molecule has 18 heavy (non-hydrogen) atoms. The highest BCUT2D eigenvalue weighted by atomic mass is 19.1. The molecular formula is C11H12FN5O. The highest BCUT2D eigenvalue weighted by Gasteiger charge is 2.07. The van der Waals surface area contributed by atoms with Crippen molar-refractivity contribution >= 4 is 5.91 Å². The third-order valence-corrected chi connectivity index (χ3v) is 2.23. The van der Waals surface area contributed by atoms with Gasteiger partial charge in [-0.2, -0.15) is 9.49 Å². The van der Waals surface area contributed by atoms with E-state index >= 15 is 0 Å². The van der Waals surface area contributed by atoms with Crippen molar-refractivity contribution in [2.75, 3.05) is 6.54 Å². The molecule has 2 heterocycles. The predicted octanol–water partition coefficient (Wildman–Crippen LogP) is 0.322. The molecule has 2 rings (SSSR count). The molecule has 1 amide bonds. The summed E-state index contributed by atoms with van der Waals surface area (Å²) in [4.78, 5) is 19.1. The Morgan fingerprint density at radius 3 is 3.00 bits per heavy atom. The van der Waals surface area contributed by atoms with E-state index in [4.69, 9.17) is 0 Å². The molecule has 0 saturated heterocycles. The average molecular weight is 249 g/mol. The molecule has 0 aliphatic heterocycles. The minimum atomic E-state index is -0.672. The third-order valence-electron chi connectivity index (χ3n) is 2.23. The lowest BCUT2D eigenvalue weighted by molar-refractivity contribution is 0.0948. The first kappa shape index (κ1) is 12.2. The smallest absolute Gasteiger partial charge is 0.270 e. The first-order chi connectivity index (χ1) is 8.65. The molecule has 1 N–H and O–H groups in total. The fraction of sp³-hybridized carbons (Fsp3) is 0.273. The van der Waals surface area contributed by atoms with Gasteiger partial charge in [-0.1, -0.05) is 6.07 Å². The van der Waals surface area contributed by atoms with E-state index in [0.29, 0.717) is 18.8 Å². The van der Waals surface area contributed by atoms with E-state index in [-0.39, 0.29) is 5.69 Å². The van der Waals surface area contributed by atoms with Gasteiger partial charge in [0.2, 0.25) is 5.95 Å². The summed E-state index contributed by atoms with van der Waals surface area (Å²) in [6.07, 6.45) is 2.10. The highest BCUT2D eigenvalue weighted by molar-refractivity contribution is 5.92. The fourth-order valence-electron chi connectivity index (χ4n) is 1.41. The molecule has 0 saturated carbocycles. The van der Waals surface area contributed by atoms with Gasteiger partial charge in [0.25, 0.3) is 5.91 Å². The molecule has 0 spiro atoms. The fourth-order valence-corrected chi connectivity index (χ4v) is 1.41. The molecule has 0 atom stereocenters. The van der Waals surface area contributed by atoms with E-state index < -0.39 is 11.9 Å². The normalized spacial score (nSPS) is 10.3. The standard InChI is InChI=1S/C11H12FN5O/c1-17-7-14-10(16-17)5-6-13-11(18)8-3-2-4-9(12)15-8/h2-4,7H,5-6H2,1H3,(H,13,18). The van der Waals surface area contributed by atoms with Crippen molar-refractivity contribution in [3.8, 4) is 0 Å². The van der Waals surface area contributed by atoms with Gasteiger partial charge in [0.1, 0.15) is 12.0 Å². The Balaban J connectivity index is 1.85. The van der Waals surface area contributed by atoms with Gasteiger partial charge in [-0.3, -0.25) is 9.48 Å². The Morgan fingerprint density at radius 2 is 2.33 bits per heavy atom. The van der Waals surface area contributed by atoms with Crippen LogP contribution in [-0.2, 0) is 13.5 Å². The third kappa shape index (κ3) is 3.09. The number of aryl methyl sites for hydroxylation is 1. The van der Waals surface area contributed by atoms with Crippen LogP contribution in [-0.4, -0.2) is 32.2 Å². The molecular weight excluding hydrogens is 237 g/mol. The van der Waals surface area contributed by atoms with Crippen molar-refractivity contribution in [1.29, 1.82) is 0 Å². The van der Waals surface area contributed by atoms with E-state index in [2.05, 4.69) is 20.4 Å². The van der Waals surface area contributed by atoms with Gasteiger partial charge in [0, 0.05) is 20.0 Å². The number of rotatable bonds is 4. The van der Waals surface area contributed by atoms with Gasteiger partial charge in [0.05, 0.1) is 0 Å². The van der Waals surface area contributed by atoms with E-state index in [0.717, 1.165) is 0 Å². The van der Waals surface area contributed by atoms with Crippen molar-refractivity contribution in [2.45, 2.75) is 6.42 Å². The molecule has 6 nitrogen and oxygen atoms in total. The van der Waals surface area contributed by atoms with Crippen molar-refractivity contribution in [3.05, 3.63) is 42.0 Å². The number of carbonyl (C=O) groups excluding carboxylic acids is 1. The van der Waals surface area contributed by atoms with Crippen molar-refractivity contribution in [1.82, 2.24) is 25.1 Å². The summed E-state index contributed by atoms with van der Waals surface area (Å²) >= 11 is 0. The average Bonchev–Trinajstić information content (AvgIpc) is 2.75. The topological polar surface area (TPSA) is 72.7 Å². The van der Waals surface area contributed by atoms with E-state index in [9.17, 15) is 9.18 Å². The summed E-state index contributed by atoms with van der Waals surface area (Å²) < 4.78 is 14.4. The summed E-state index contributed by atoms with van der Waals surface area (Å²) in [6, 6.07) is 4.09. The minimum absolute atomic E-state index is 0.0592. The van der Waals surface area contributed by atoms with Crippen molar-refractivity contribution < 1.29 is 9.18 Å². The summed E-state index contributed by atoms with van der Waals surface area (Å²) in [5.74, 6) is -0.440. The predicted molar refractivity (Wildman–Crippen MR) is 61.2 cm³/mol. The van der Waals surface area contributed by atoms with Crippen LogP contribution in [0.4, 0.5) is 4.39 Å². The zero-order valence-corrected chi connectivity index (χ0v) is 9.80. The lowest BCUT2D eigenvalue weighted by Crippen LogP contribution is -2.27. The summed E-state index contributed by atoms with van der Waals surface area (Å²) in [7, 11) is 1.77. The van der Waals surface area contributed by atoms with Crippen LogP contribution in [0.25, 0.3) is 0 Å². The summed E-state index contributed by atoms with van der Waals surface area (Å²) in [5, 5.41) is 6.70.